The van der Waals surface area contributed by atoms with Gasteiger partial charge in [0.25, 0.3) is 0 Å². The van der Waals surface area contributed by atoms with Gasteiger partial charge >= 0.3 is 5.97 Å². The van der Waals surface area contributed by atoms with Crippen LogP contribution in [0.4, 0.5) is 11.4 Å². The molecule has 0 aliphatic carbocycles. The van der Waals surface area contributed by atoms with E-state index in [9.17, 15) is 4.79 Å². The fourth-order valence-electron chi connectivity index (χ4n) is 2.02. The van der Waals surface area contributed by atoms with Crippen LogP contribution in [0.15, 0.2) is 48.5 Å². The van der Waals surface area contributed by atoms with Crippen LogP contribution in [0, 0.1) is 3.57 Å². The normalized spacial score (nSPS) is 14.1. The van der Waals surface area contributed by atoms with Crippen LogP contribution in [0.5, 0.6) is 0 Å². The van der Waals surface area contributed by atoms with Gasteiger partial charge in [0.15, 0.2) is 6.73 Å². The lowest BCUT2D eigenvalue weighted by atomic mass is 10.1. The highest BCUT2D eigenvalue weighted by Crippen LogP contribution is 2.34. The van der Waals surface area contributed by atoms with Crippen molar-refractivity contribution in [1.29, 1.82) is 0 Å². The van der Waals surface area contributed by atoms with Gasteiger partial charge in [0, 0.05) is 3.57 Å². The highest BCUT2D eigenvalue weighted by molar-refractivity contribution is 14.1. The molecule has 1 aliphatic heterocycles. The van der Waals surface area contributed by atoms with E-state index in [1.807, 2.05) is 47.4 Å². The van der Waals surface area contributed by atoms with Gasteiger partial charge in [-0.1, -0.05) is 24.3 Å². The summed E-state index contributed by atoms with van der Waals surface area (Å²) in [6, 6.07) is 15.6. The Labute approximate surface area is 119 Å². The maximum atomic E-state index is 11.7. The molecule has 0 amide bonds. The standard InChI is InChI=1S/C14H10INO2/c15-11-6-2-4-8-13(11)16-9-18-14(17)10-5-1-3-7-12(10)16/h1-8H,9H2. The van der Waals surface area contributed by atoms with Crippen molar-refractivity contribution in [1.82, 2.24) is 0 Å². The first-order chi connectivity index (χ1) is 8.77. The fourth-order valence-corrected chi connectivity index (χ4v) is 2.70. The average Bonchev–Trinajstić information content (AvgIpc) is 2.41. The molecule has 0 aromatic heterocycles. The summed E-state index contributed by atoms with van der Waals surface area (Å²) in [5, 5.41) is 0. The molecule has 2 aromatic carbocycles. The number of anilines is 2. The zero-order valence-electron chi connectivity index (χ0n) is 9.47. The lowest BCUT2D eigenvalue weighted by Gasteiger charge is -2.30. The lowest BCUT2D eigenvalue weighted by molar-refractivity contribution is 0.0494. The van der Waals surface area contributed by atoms with E-state index in [4.69, 9.17) is 4.74 Å². The molecule has 1 heterocycles. The molecule has 0 atom stereocenters. The van der Waals surface area contributed by atoms with Gasteiger partial charge in [-0.2, -0.15) is 0 Å². The van der Waals surface area contributed by atoms with Crippen molar-refractivity contribution < 1.29 is 9.53 Å². The summed E-state index contributed by atoms with van der Waals surface area (Å²) in [5.74, 6) is -0.257. The molecule has 3 rings (SSSR count). The third-order valence-corrected chi connectivity index (χ3v) is 3.79. The molecule has 4 heteroatoms. The maximum absolute atomic E-state index is 11.7. The number of carbonyl (C=O) groups excluding carboxylic acids is 1. The third kappa shape index (κ3) is 1.86. The molecule has 0 saturated heterocycles. The molecular formula is C14H10INO2. The molecule has 0 fully saturated rings. The molecule has 0 N–H and O–H groups in total. The summed E-state index contributed by atoms with van der Waals surface area (Å²) in [6.45, 7) is 0.260. The highest BCUT2D eigenvalue weighted by atomic mass is 127. The van der Waals surface area contributed by atoms with E-state index >= 15 is 0 Å². The molecule has 18 heavy (non-hydrogen) atoms. The number of rotatable bonds is 1. The number of carbonyl (C=O) groups is 1. The minimum Gasteiger partial charge on any atom is -0.440 e. The van der Waals surface area contributed by atoms with Crippen LogP contribution in [0.25, 0.3) is 0 Å². The number of ether oxygens (including phenoxy) is 1. The van der Waals surface area contributed by atoms with Crippen molar-refractivity contribution in [2.45, 2.75) is 0 Å². The van der Waals surface area contributed by atoms with Gasteiger partial charge in [-0.25, -0.2) is 4.79 Å². The predicted octanol–water partition coefficient (Wildman–Crippen LogP) is 3.56. The van der Waals surface area contributed by atoms with Crippen LogP contribution in [-0.2, 0) is 4.74 Å². The summed E-state index contributed by atoms with van der Waals surface area (Å²) in [7, 11) is 0. The van der Waals surface area contributed by atoms with E-state index < -0.39 is 0 Å². The van der Waals surface area contributed by atoms with E-state index in [-0.39, 0.29) is 12.7 Å². The van der Waals surface area contributed by atoms with E-state index in [0.29, 0.717) is 5.56 Å². The van der Waals surface area contributed by atoms with Crippen LogP contribution in [-0.4, -0.2) is 12.7 Å². The lowest BCUT2D eigenvalue weighted by Crippen LogP contribution is -2.30. The van der Waals surface area contributed by atoms with Crippen molar-refractivity contribution in [2.24, 2.45) is 0 Å². The molecular weight excluding hydrogens is 341 g/mol. The number of benzene rings is 2. The van der Waals surface area contributed by atoms with Gasteiger partial charge in [0.1, 0.15) is 0 Å². The monoisotopic (exact) mass is 351 g/mol. The van der Waals surface area contributed by atoms with Crippen molar-refractivity contribution in [3.05, 3.63) is 57.7 Å². The Balaban J connectivity index is 2.13. The molecule has 0 radical (unpaired) electrons. The van der Waals surface area contributed by atoms with Gasteiger partial charge < -0.3 is 9.64 Å². The Bertz CT molecular complexity index is 612. The quantitative estimate of drug-likeness (QED) is 0.581. The molecule has 3 nitrogen and oxygen atoms in total. The number of para-hydroxylation sites is 2. The number of hydrogen-bond acceptors (Lipinski definition) is 3. The highest BCUT2D eigenvalue weighted by Gasteiger charge is 2.25. The SMILES string of the molecule is O=C1OCN(c2ccccc2I)c2ccccc21. The molecule has 0 bridgehead atoms. The number of cyclic esters (lactones) is 1. The molecule has 2 aromatic rings. The second kappa shape index (κ2) is 4.61. The number of fused-ring (bicyclic) bond motifs is 1. The Hall–Kier alpha value is -1.56. The van der Waals surface area contributed by atoms with Crippen LogP contribution in [0.2, 0.25) is 0 Å². The molecule has 0 saturated carbocycles. The topological polar surface area (TPSA) is 29.5 Å². The Morgan fingerprint density at radius 1 is 1.00 bits per heavy atom. The molecule has 90 valence electrons. The van der Waals surface area contributed by atoms with Crippen molar-refractivity contribution in [2.75, 3.05) is 11.6 Å². The van der Waals surface area contributed by atoms with E-state index in [1.54, 1.807) is 6.07 Å². The van der Waals surface area contributed by atoms with Crippen molar-refractivity contribution >= 4 is 39.9 Å². The van der Waals surface area contributed by atoms with Crippen LogP contribution in [0.3, 0.4) is 0 Å². The van der Waals surface area contributed by atoms with E-state index in [0.717, 1.165) is 14.9 Å². The van der Waals surface area contributed by atoms with Gasteiger partial charge in [-0.3, -0.25) is 0 Å². The second-order valence-corrected chi connectivity index (χ2v) is 5.12. The van der Waals surface area contributed by atoms with Gasteiger partial charge in [-0.15, -0.1) is 0 Å². The van der Waals surface area contributed by atoms with Crippen molar-refractivity contribution in [3.63, 3.8) is 0 Å². The van der Waals surface area contributed by atoms with Gasteiger partial charge in [0.05, 0.1) is 16.9 Å². The predicted molar refractivity (Wildman–Crippen MR) is 78.0 cm³/mol. The number of halogens is 1. The minimum atomic E-state index is -0.257. The minimum absolute atomic E-state index is 0.257. The first-order valence-corrected chi connectivity index (χ1v) is 6.63. The largest absolute Gasteiger partial charge is 0.440 e. The fraction of sp³-hybridized carbons (Fsp3) is 0.0714. The second-order valence-electron chi connectivity index (χ2n) is 3.96. The maximum Gasteiger partial charge on any atom is 0.342 e. The Morgan fingerprint density at radius 3 is 2.44 bits per heavy atom. The number of esters is 1. The summed E-state index contributed by atoms with van der Waals surface area (Å²) < 4.78 is 6.34. The zero-order chi connectivity index (χ0) is 12.5. The van der Waals surface area contributed by atoms with E-state index in [2.05, 4.69) is 22.6 Å². The smallest absolute Gasteiger partial charge is 0.342 e. The van der Waals surface area contributed by atoms with Crippen LogP contribution < -0.4 is 4.90 Å². The molecule has 1 aliphatic rings. The van der Waals surface area contributed by atoms with Crippen LogP contribution in [0.1, 0.15) is 10.4 Å². The van der Waals surface area contributed by atoms with E-state index in [1.165, 1.54) is 0 Å². The summed E-state index contributed by atoms with van der Waals surface area (Å²) in [5.41, 5.74) is 2.57. The first-order valence-electron chi connectivity index (χ1n) is 5.55. The number of nitrogens with zero attached hydrogens (tertiary/aromatic N) is 1. The average molecular weight is 351 g/mol. The Kier molecular flexibility index (Phi) is 2.95. The first kappa shape index (κ1) is 11.5. The zero-order valence-corrected chi connectivity index (χ0v) is 11.6. The van der Waals surface area contributed by atoms with Crippen LogP contribution >= 0.6 is 22.6 Å². The van der Waals surface area contributed by atoms with Crippen molar-refractivity contribution in [3.8, 4) is 0 Å². The Morgan fingerprint density at radius 2 is 1.67 bits per heavy atom. The number of hydrogen-bond donors (Lipinski definition) is 0. The third-order valence-electron chi connectivity index (χ3n) is 2.88. The summed E-state index contributed by atoms with van der Waals surface area (Å²) in [4.78, 5) is 13.7. The molecule has 0 spiro atoms. The van der Waals surface area contributed by atoms with Gasteiger partial charge in [0.2, 0.25) is 0 Å². The summed E-state index contributed by atoms with van der Waals surface area (Å²) in [6.07, 6.45) is 0. The van der Waals surface area contributed by atoms with Gasteiger partial charge in [-0.05, 0) is 46.9 Å². The molecule has 0 unspecified atom stereocenters. The summed E-state index contributed by atoms with van der Waals surface area (Å²) >= 11 is 2.28.